The number of hydrogen-bond donors (Lipinski definition) is 1. The highest BCUT2D eigenvalue weighted by molar-refractivity contribution is 9.09. The normalized spacial score (nSPS) is 12.9. The minimum absolute atomic E-state index is 0.234. The van der Waals surface area contributed by atoms with Crippen molar-refractivity contribution in [3.05, 3.63) is 28.2 Å². The summed E-state index contributed by atoms with van der Waals surface area (Å²) in [7, 11) is 0. The van der Waals surface area contributed by atoms with E-state index in [0.717, 1.165) is 0 Å². The van der Waals surface area contributed by atoms with Gasteiger partial charge in [0.25, 0.3) is 0 Å². The predicted octanol–water partition coefficient (Wildman–Crippen LogP) is 3.77. The fourth-order valence-electron chi connectivity index (χ4n) is 1.12. The molecule has 0 spiro atoms. The molecule has 0 fully saturated rings. The molecule has 1 atom stereocenters. The van der Waals surface area contributed by atoms with Crippen LogP contribution in [-0.2, 0) is 9.59 Å². The monoisotopic (exact) mass is 368 g/mol. The third-order valence-electron chi connectivity index (χ3n) is 2.48. The molecular weight excluding hydrogens is 359 g/mol. The number of alkyl halides is 1. The van der Waals surface area contributed by atoms with Gasteiger partial charge in [-0.1, -0.05) is 23.2 Å². The number of carboxylic acids is 1. The van der Waals surface area contributed by atoms with Gasteiger partial charge in [0.15, 0.2) is 0 Å². The van der Waals surface area contributed by atoms with E-state index >= 15 is 0 Å². The van der Waals surface area contributed by atoms with Crippen LogP contribution < -0.4 is 4.74 Å². The number of rotatable bonds is 5. The first-order chi connectivity index (χ1) is 8.66. The lowest BCUT2D eigenvalue weighted by Crippen LogP contribution is -2.40. The van der Waals surface area contributed by atoms with Crippen LogP contribution in [0.3, 0.4) is 0 Å². The van der Waals surface area contributed by atoms with Gasteiger partial charge in [0.2, 0.25) is 10.8 Å². The van der Waals surface area contributed by atoms with E-state index in [1.54, 1.807) is 6.07 Å². The molecule has 0 aromatic heterocycles. The molecule has 0 aliphatic heterocycles. The molecular formula is C12H11BrCl2O4. The van der Waals surface area contributed by atoms with Gasteiger partial charge in [0, 0.05) is 5.02 Å². The van der Waals surface area contributed by atoms with E-state index in [2.05, 4.69) is 15.9 Å². The Kier molecular flexibility index (Phi) is 5.24. The minimum atomic E-state index is -1.56. The summed E-state index contributed by atoms with van der Waals surface area (Å²) >= 11 is 14.6. The number of benzene rings is 1. The molecule has 0 saturated heterocycles. The molecule has 0 aliphatic carbocycles. The lowest BCUT2D eigenvalue weighted by Gasteiger charge is -2.22. The summed E-state index contributed by atoms with van der Waals surface area (Å²) in [6.07, 6.45) is 0. The third-order valence-corrected chi connectivity index (χ3v) is 3.61. The van der Waals surface area contributed by atoms with Gasteiger partial charge < -0.3 is 9.84 Å². The smallest absolute Gasteiger partial charge is 0.316 e. The van der Waals surface area contributed by atoms with Crippen molar-refractivity contribution in [3.8, 4) is 5.75 Å². The number of ether oxygens (including phenoxy) is 1. The number of ketones is 1. The first-order valence-electron chi connectivity index (χ1n) is 5.19. The number of Topliss-reactive ketones (excluding diaryl/α,β-unsaturated/α-hetero) is 1. The summed E-state index contributed by atoms with van der Waals surface area (Å²) in [5.41, 5.74) is -1.56. The highest BCUT2D eigenvalue weighted by atomic mass is 79.9. The van der Waals surface area contributed by atoms with Gasteiger partial charge in [0.1, 0.15) is 11.2 Å². The maximum Gasteiger partial charge on any atom is 0.316 e. The zero-order valence-electron chi connectivity index (χ0n) is 10.1. The second kappa shape index (κ2) is 6.11. The summed E-state index contributed by atoms with van der Waals surface area (Å²) in [5.74, 6) is -1.61. The summed E-state index contributed by atoms with van der Waals surface area (Å²) in [4.78, 5) is 23.0. The average molecular weight is 370 g/mol. The second-order valence-electron chi connectivity index (χ2n) is 4.30. The second-order valence-corrected chi connectivity index (χ2v) is 5.98. The Balaban J connectivity index is 2.88. The van der Waals surface area contributed by atoms with Gasteiger partial charge in [-0.3, -0.25) is 9.59 Å². The molecule has 0 heterocycles. The van der Waals surface area contributed by atoms with E-state index < -0.39 is 22.2 Å². The SMILES string of the molecule is CC(C)(C(=O)O)C(=O)C(Br)Oc1ccc(Cl)cc1Cl. The molecule has 0 amide bonds. The Bertz CT molecular complexity index is 516. The number of halogens is 3. The molecule has 7 heteroatoms. The zero-order valence-corrected chi connectivity index (χ0v) is 13.2. The Hall–Kier alpha value is -0.780. The molecule has 1 unspecified atom stereocenters. The third kappa shape index (κ3) is 3.84. The summed E-state index contributed by atoms with van der Waals surface area (Å²) in [5, 5.41) is 8.53. The fourth-order valence-corrected chi connectivity index (χ4v) is 2.35. The molecule has 0 bridgehead atoms. The van der Waals surface area contributed by atoms with E-state index in [9.17, 15) is 9.59 Å². The van der Waals surface area contributed by atoms with Crippen molar-refractivity contribution >= 4 is 50.9 Å². The van der Waals surface area contributed by atoms with E-state index in [4.69, 9.17) is 33.0 Å². The predicted molar refractivity (Wildman–Crippen MR) is 76.2 cm³/mol. The average Bonchev–Trinajstić information content (AvgIpc) is 2.31. The van der Waals surface area contributed by atoms with Gasteiger partial charge in [-0.25, -0.2) is 0 Å². The van der Waals surface area contributed by atoms with E-state index in [1.807, 2.05) is 0 Å². The molecule has 104 valence electrons. The Labute approximate surface area is 128 Å². The van der Waals surface area contributed by atoms with Crippen LogP contribution in [0.25, 0.3) is 0 Å². The van der Waals surface area contributed by atoms with Crippen molar-refractivity contribution in [1.29, 1.82) is 0 Å². The number of aliphatic carboxylic acids is 1. The summed E-state index contributed by atoms with van der Waals surface area (Å²) < 4.78 is 5.31. The van der Waals surface area contributed by atoms with Crippen LogP contribution in [0.5, 0.6) is 5.75 Å². The first kappa shape index (κ1) is 16.3. The summed E-state index contributed by atoms with van der Waals surface area (Å²) in [6.45, 7) is 2.61. The number of carbonyl (C=O) groups is 2. The molecule has 0 radical (unpaired) electrons. The standard InChI is InChI=1S/C12H11BrCl2O4/c1-12(2,11(17)18)9(16)10(13)19-8-4-3-6(14)5-7(8)15/h3-5,10H,1-2H3,(H,17,18). The topological polar surface area (TPSA) is 63.6 Å². The van der Waals surface area contributed by atoms with Crippen LogP contribution in [-0.4, -0.2) is 21.9 Å². The summed E-state index contributed by atoms with van der Waals surface area (Å²) in [6, 6.07) is 4.51. The Morgan fingerprint density at radius 2 is 1.95 bits per heavy atom. The van der Waals surface area contributed by atoms with E-state index in [-0.39, 0.29) is 10.8 Å². The fraction of sp³-hybridized carbons (Fsp3) is 0.333. The Morgan fingerprint density at radius 1 is 1.37 bits per heavy atom. The van der Waals surface area contributed by atoms with Gasteiger partial charge >= 0.3 is 5.97 Å². The number of carboxylic acid groups (broad SMARTS) is 1. The van der Waals surface area contributed by atoms with Crippen molar-refractivity contribution < 1.29 is 19.4 Å². The van der Waals surface area contributed by atoms with Crippen molar-refractivity contribution in [2.75, 3.05) is 0 Å². The number of hydrogen-bond acceptors (Lipinski definition) is 3. The molecule has 0 saturated carbocycles. The molecule has 4 nitrogen and oxygen atoms in total. The Morgan fingerprint density at radius 3 is 2.42 bits per heavy atom. The van der Waals surface area contributed by atoms with Crippen LogP contribution in [0, 0.1) is 5.41 Å². The highest BCUT2D eigenvalue weighted by Gasteiger charge is 2.40. The van der Waals surface area contributed by atoms with Crippen LogP contribution in [0.2, 0.25) is 10.0 Å². The van der Waals surface area contributed by atoms with Crippen LogP contribution in [0.1, 0.15) is 13.8 Å². The maximum absolute atomic E-state index is 12.0. The van der Waals surface area contributed by atoms with Crippen LogP contribution in [0.15, 0.2) is 18.2 Å². The van der Waals surface area contributed by atoms with Gasteiger partial charge in [-0.15, -0.1) is 0 Å². The van der Waals surface area contributed by atoms with Crippen molar-refractivity contribution in [1.82, 2.24) is 0 Å². The lowest BCUT2D eigenvalue weighted by atomic mass is 9.89. The number of carbonyl (C=O) groups excluding carboxylic acids is 1. The molecule has 19 heavy (non-hydrogen) atoms. The zero-order chi connectivity index (χ0) is 14.8. The quantitative estimate of drug-likeness (QED) is 0.633. The van der Waals surface area contributed by atoms with E-state index in [0.29, 0.717) is 5.02 Å². The molecule has 1 aromatic carbocycles. The van der Waals surface area contributed by atoms with Crippen molar-refractivity contribution in [2.24, 2.45) is 5.41 Å². The largest absolute Gasteiger partial charge is 0.481 e. The molecule has 1 aromatic rings. The van der Waals surface area contributed by atoms with Crippen molar-refractivity contribution in [2.45, 2.75) is 18.9 Å². The highest BCUT2D eigenvalue weighted by Crippen LogP contribution is 2.31. The van der Waals surface area contributed by atoms with Gasteiger partial charge in [-0.2, -0.15) is 0 Å². The van der Waals surface area contributed by atoms with Crippen LogP contribution in [0.4, 0.5) is 0 Å². The van der Waals surface area contributed by atoms with Crippen LogP contribution >= 0.6 is 39.1 Å². The molecule has 1 N–H and O–H groups in total. The first-order valence-corrected chi connectivity index (χ1v) is 6.87. The maximum atomic E-state index is 12.0. The van der Waals surface area contributed by atoms with Crippen molar-refractivity contribution in [3.63, 3.8) is 0 Å². The molecule has 1 rings (SSSR count). The van der Waals surface area contributed by atoms with Gasteiger partial charge in [-0.05, 0) is 48.0 Å². The van der Waals surface area contributed by atoms with Gasteiger partial charge in [0.05, 0.1) is 5.02 Å². The minimum Gasteiger partial charge on any atom is -0.481 e. The molecule has 0 aliphatic rings. The van der Waals surface area contributed by atoms with E-state index in [1.165, 1.54) is 26.0 Å². The lowest BCUT2D eigenvalue weighted by molar-refractivity contribution is -0.153.